The zero-order valence-corrected chi connectivity index (χ0v) is 23.9. The molecule has 34 heavy (non-hydrogen) atoms. The van der Waals surface area contributed by atoms with Gasteiger partial charge < -0.3 is 25.4 Å². The molecule has 4 aliphatic carbocycles. The van der Waals surface area contributed by atoms with Crippen molar-refractivity contribution in [1.82, 2.24) is 5.32 Å². The van der Waals surface area contributed by atoms with Crippen LogP contribution in [0.1, 0.15) is 78.6 Å². The molecule has 5 unspecified atom stereocenters. The second-order valence-corrected chi connectivity index (χ2v) is 12.4. The summed E-state index contributed by atoms with van der Waals surface area (Å²) in [4.78, 5) is 24.3. The number of aliphatic hydroxyl groups excluding tert-OH is 2. The van der Waals surface area contributed by atoms with Gasteiger partial charge in [0.25, 0.3) is 0 Å². The maximum absolute atomic E-state index is 13.2. The molecule has 7 heteroatoms. The summed E-state index contributed by atoms with van der Waals surface area (Å²) in [7, 11) is 1.80. The standard InChI is InChI=1S/C27H45NO5.Na/c1-15(5-8-24(32)33)18-6-7-19-25-20(9-10-26(18,19)2)27(3)16(12-22(25)30)11-17(29)13-21(27)23(31)14-28-4;/h15-22,25,28-30H,5-14H2,1-4H3,(H,32,33);/q;+1/p-1/t15-,16?,17+,18-,19?,20?,21?,22-,25?,26-,27+;/m1./s1. The molecule has 0 spiro atoms. The van der Waals surface area contributed by atoms with Crippen molar-refractivity contribution >= 4 is 11.8 Å². The van der Waals surface area contributed by atoms with Gasteiger partial charge in [0.2, 0.25) is 0 Å². The van der Waals surface area contributed by atoms with Crippen molar-refractivity contribution in [2.75, 3.05) is 13.6 Å². The Morgan fingerprint density at radius 1 is 1.09 bits per heavy atom. The number of nitrogens with one attached hydrogen (secondary N) is 1. The minimum Gasteiger partial charge on any atom is -0.550 e. The maximum atomic E-state index is 13.2. The zero-order chi connectivity index (χ0) is 24.1. The Kier molecular flexibility index (Phi) is 9.07. The monoisotopic (exact) mass is 485 g/mol. The largest absolute Gasteiger partial charge is 1.00 e. The number of carboxylic acids is 1. The van der Waals surface area contributed by atoms with Gasteiger partial charge in [0, 0.05) is 11.9 Å². The number of carboxylic acid groups (broad SMARTS) is 1. The first-order chi connectivity index (χ1) is 15.5. The Morgan fingerprint density at radius 3 is 2.44 bits per heavy atom. The number of fused-ring (bicyclic) bond motifs is 5. The number of likely N-dealkylation sites (N-methyl/N-ethyl adjacent to an activating group) is 1. The molecule has 0 heterocycles. The van der Waals surface area contributed by atoms with E-state index in [9.17, 15) is 24.9 Å². The van der Waals surface area contributed by atoms with Gasteiger partial charge in [-0.2, -0.15) is 0 Å². The number of hydrogen-bond acceptors (Lipinski definition) is 6. The van der Waals surface area contributed by atoms with Gasteiger partial charge in [-0.25, -0.2) is 0 Å². The van der Waals surface area contributed by atoms with Crippen molar-refractivity contribution in [1.29, 1.82) is 0 Å². The van der Waals surface area contributed by atoms with E-state index >= 15 is 0 Å². The molecule has 0 amide bonds. The van der Waals surface area contributed by atoms with Crippen molar-refractivity contribution in [3.8, 4) is 0 Å². The predicted molar refractivity (Wildman–Crippen MR) is 124 cm³/mol. The number of aliphatic carboxylic acids is 1. The van der Waals surface area contributed by atoms with Crippen LogP contribution in [0.25, 0.3) is 0 Å². The molecule has 3 N–H and O–H groups in total. The van der Waals surface area contributed by atoms with Crippen molar-refractivity contribution in [2.45, 2.75) is 90.8 Å². The van der Waals surface area contributed by atoms with Gasteiger partial charge in [-0.1, -0.05) is 20.8 Å². The Morgan fingerprint density at radius 2 is 1.79 bits per heavy atom. The van der Waals surface area contributed by atoms with Crippen LogP contribution in [0.15, 0.2) is 0 Å². The summed E-state index contributed by atoms with van der Waals surface area (Å²) in [6, 6.07) is 0. The Labute approximate surface area is 227 Å². The molecule has 188 valence electrons. The number of aliphatic hydroxyl groups is 2. The van der Waals surface area contributed by atoms with Gasteiger partial charge >= 0.3 is 29.6 Å². The van der Waals surface area contributed by atoms with E-state index in [0.717, 1.165) is 25.7 Å². The summed E-state index contributed by atoms with van der Waals surface area (Å²) in [5.74, 6) is 0.920. The van der Waals surface area contributed by atoms with E-state index < -0.39 is 12.1 Å². The summed E-state index contributed by atoms with van der Waals surface area (Å²) in [5, 5.41) is 36.1. The van der Waals surface area contributed by atoms with E-state index in [-0.39, 0.29) is 76.4 Å². The van der Waals surface area contributed by atoms with Crippen LogP contribution < -0.4 is 40.0 Å². The fraction of sp³-hybridized carbons (Fsp3) is 0.926. The van der Waals surface area contributed by atoms with Gasteiger partial charge in [0.15, 0.2) is 0 Å². The predicted octanol–water partition coefficient (Wildman–Crippen LogP) is -0.838. The normalized spacial score (nSPS) is 46.4. The van der Waals surface area contributed by atoms with E-state index in [0.29, 0.717) is 55.9 Å². The first-order valence-corrected chi connectivity index (χ1v) is 13.3. The van der Waals surface area contributed by atoms with Crippen LogP contribution in [0.4, 0.5) is 0 Å². The van der Waals surface area contributed by atoms with Crippen LogP contribution in [-0.4, -0.2) is 47.8 Å². The number of hydrogen-bond donors (Lipinski definition) is 3. The van der Waals surface area contributed by atoms with Gasteiger partial charge in [0.1, 0.15) is 5.78 Å². The first kappa shape index (κ1) is 28.6. The molecule has 4 saturated carbocycles. The Hall–Kier alpha value is 0.0200. The zero-order valence-electron chi connectivity index (χ0n) is 21.9. The van der Waals surface area contributed by atoms with Crippen molar-refractivity contribution in [2.24, 2.45) is 52.3 Å². The van der Waals surface area contributed by atoms with E-state index in [1.165, 1.54) is 0 Å². The van der Waals surface area contributed by atoms with Crippen LogP contribution in [0.3, 0.4) is 0 Å². The molecule has 0 bridgehead atoms. The number of rotatable bonds is 7. The van der Waals surface area contributed by atoms with Gasteiger partial charge in [-0.3, -0.25) is 4.79 Å². The van der Waals surface area contributed by atoms with Crippen LogP contribution in [0, 0.1) is 52.3 Å². The fourth-order valence-electron chi connectivity index (χ4n) is 9.60. The molecule has 0 saturated heterocycles. The summed E-state index contributed by atoms with van der Waals surface area (Å²) in [5.41, 5.74) is -0.0770. The average molecular weight is 486 g/mol. The molecule has 0 aromatic heterocycles. The third kappa shape index (κ3) is 4.69. The van der Waals surface area contributed by atoms with Gasteiger partial charge in [0.05, 0.1) is 18.8 Å². The molecule has 4 aliphatic rings. The van der Waals surface area contributed by atoms with E-state index in [4.69, 9.17) is 0 Å². The van der Waals surface area contributed by atoms with Crippen molar-refractivity contribution in [3.05, 3.63) is 0 Å². The Bertz CT molecular complexity index is 763. The molecular formula is C27H44NNaO5. The quantitative estimate of drug-likeness (QED) is 0.406. The SMILES string of the molecule is CNCC(=O)C1C[C@@H](O)CC2C[C@@H](O)C3C(CC[C@@]4(C)C3CC[C@@H]4[C@H](C)CCC(=O)[O-])[C@]21C.[Na+]. The van der Waals surface area contributed by atoms with Gasteiger partial charge in [-0.15, -0.1) is 0 Å². The molecule has 4 rings (SSSR count). The third-order valence-corrected chi connectivity index (χ3v) is 11.1. The maximum Gasteiger partial charge on any atom is 1.00 e. The summed E-state index contributed by atoms with van der Waals surface area (Å²) >= 11 is 0. The molecule has 0 aromatic carbocycles. The number of carbonyl (C=O) groups is 2. The van der Waals surface area contributed by atoms with E-state index in [1.54, 1.807) is 7.05 Å². The summed E-state index contributed by atoms with van der Waals surface area (Å²) < 4.78 is 0. The molecule has 0 radical (unpaired) electrons. The van der Waals surface area contributed by atoms with Crippen LogP contribution in [0.5, 0.6) is 0 Å². The molecule has 4 fully saturated rings. The molecule has 0 aliphatic heterocycles. The summed E-state index contributed by atoms with van der Waals surface area (Å²) in [6.07, 6.45) is 6.06. The average Bonchev–Trinajstić information content (AvgIpc) is 3.10. The fourth-order valence-corrected chi connectivity index (χ4v) is 9.60. The molecule has 6 nitrogen and oxygen atoms in total. The minimum absolute atomic E-state index is 0. The number of carbonyl (C=O) groups excluding carboxylic acids is 2. The Balaban J connectivity index is 0.00000324. The number of Topliss-reactive ketones (excluding diaryl/α,β-unsaturated/α-hetero) is 1. The van der Waals surface area contributed by atoms with Crippen LogP contribution in [0.2, 0.25) is 0 Å². The molecule has 0 aromatic rings. The molecular weight excluding hydrogens is 441 g/mol. The van der Waals surface area contributed by atoms with Crippen molar-refractivity contribution in [3.63, 3.8) is 0 Å². The van der Waals surface area contributed by atoms with E-state index in [2.05, 4.69) is 26.1 Å². The van der Waals surface area contributed by atoms with Crippen molar-refractivity contribution < 1.29 is 54.5 Å². The number of ketones is 1. The summed E-state index contributed by atoms with van der Waals surface area (Å²) in [6.45, 7) is 7.20. The van der Waals surface area contributed by atoms with Crippen LogP contribution >= 0.6 is 0 Å². The van der Waals surface area contributed by atoms with E-state index in [1.807, 2.05) is 0 Å². The topological polar surface area (TPSA) is 110 Å². The second kappa shape index (κ2) is 10.8. The molecule has 11 atom stereocenters. The minimum atomic E-state index is -0.969. The van der Waals surface area contributed by atoms with Gasteiger partial charge in [-0.05, 0) is 111 Å². The third-order valence-electron chi connectivity index (χ3n) is 11.1. The van der Waals surface area contributed by atoms with Crippen LogP contribution in [-0.2, 0) is 9.59 Å². The smallest absolute Gasteiger partial charge is 0.550 e. The second-order valence-electron chi connectivity index (χ2n) is 12.4. The first-order valence-electron chi connectivity index (χ1n) is 13.3.